The van der Waals surface area contributed by atoms with E-state index in [1.54, 1.807) is 0 Å². The Kier molecular flexibility index (Phi) is 5.60. The Morgan fingerprint density at radius 2 is 2.21 bits per heavy atom. The van der Waals surface area contributed by atoms with Gasteiger partial charge in [0, 0.05) is 18.7 Å². The number of amides is 1. The average molecular weight is 347 g/mol. The molecule has 0 aromatic heterocycles. The first-order valence-corrected chi connectivity index (χ1v) is 7.26. The molecule has 132 valence electrons. The molecule has 1 heterocycles. The highest BCUT2D eigenvalue weighted by atomic mass is 19.4. The minimum absolute atomic E-state index is 0.189. The molecule has 0 aliphatic carbocycles. The molecule has 1 saturated heterocycles. The summed E-state index contributed by atoms with van der Waals surface area (Å²) in [7, 11) is 0. The van der Waals surface area contributed by atoms with Crippen molar-refractivity contribution < 1.29 is 27.6 Å². The lowest BCUT2D eigenvalue weighted by Gasteiger charge is -2.23. The van der Waals surface area contributed by atoms with Crippen molar-refractivity contribution in [3.63, 3.8) is 0 Å². The number of carbonyl (C=O) groups is 1. The lowest BCUT2D eigenvalue weighted by Crippen LogP contribution is -2.45. The topological polar surface area (TPSA) is 93.5 Å². The number of rotatable bonds is 5. The van der Waals surface area contributed by atoms with E-state index in [0.29, 0.717) is 6.54 Å². The van der Waals surface area contributed by atoms with Gasteiger partial charge >= 0.3 is 6.18 Å². The van der Waals surface area contributed by atoms with Gasteiger partial charge in [-0.15, -0.1) is 0 Å². The summed E-state index contributed by atoms with van der Waals surface area (Å²) in [5, 5.41) is 16.8. The summed E-state index contributed by atoms with van der Waals surface area (Å²) in [5.41, 5.74) is -0.819. The molecule has 0 spiro atoms. The van der Waals surface area contributed by atoms with Gasteiger partial charge in [0.15, 0.2) is 6.61 Å². The summed E-state index contributed by atoms with van der Waals surface area (Å²) >= 11 is 0. The second-order valence-corrected chi connectivity index (χ2v) is 5.36. The number of benzene rings is 1. The van der Waals surface area contributed by atoms with Gasteiger partial charge in [-0.1, -0.05) is 0 Å². The third-order valence-electron chi connectivity index (χ3n) is 3.44. The van der Waals surface area contributed by atoms with Gasteiger partial charge in [0.2, 0.25) is 0 Å². The van der Waals surface area contributed by atoms with Crippen LogP contribution >= 0.6 is 0 Å². The zero-order chi connectivity index (χ0) is 17.7. The van der Waals surface area contributed by atoms with Crippen LogP contribution in [-0.2, 0) is 0 Å². The molecule has 1 aliphatic heterocycles. The Morgan fingerprint density at radius 1 is 1.46 bits per heavy atom. The molecule has 0 saturated carbocycles. The SMILES string of the molecule is O=C(NC1CCCNC1)c1cc(OCC(F)(F)F)ccc1[N+](=O)[O-]. The van der Waals surface area contributed by atoms with Gasteiger partial charge in [0.25, 0.3) is 11.6 Å². The summed E-state index contributed by atoms with van der Waals surface area (Å²) in [4.78, 5) is 22.5. The average Bonchev–Trinajstić information content (AvgIpc) is 2.52. The van der Waals surface area contributed by atoms with E-state index in [2.05, 4.69) is 15.4 Å². The summed E-state index contributed by atoms with van der Waals surface area (Å²) in [6, 6.07) is 2.75. The predicted octanol–water partition coefficient (Wildman–Crippen LogP) is 2.02. The molecule has 10 heteroatoms. The van der Waals surface area contributed by atoms with E-state index in [-0.39, 0.29) is 17.4 Å². The number of alkyl halides is 3. The van der Waals surface area contributed by atoms with Crippen LogP contribution in [0, 0.1) is 10.1 Å². The fraction of sp³-hybridized carbons (Fsp3) is 0.500. The molecule has 1 amide bonds. The van der Waals surface area contributed by atoms with Crippen LogP contribution in [-0.4, -0.2) is 42.7 Å². The van der Waals surface area contributed by atoms with Crippen molar-refractivity contribution >= 4 is 11.6 Å². The van der Waals surface area contributed by atoms with E-state index in [1.165, 1.54) is 0 Å². The maximum Gasteiger partial charge on any atom is 0.422 e. The lowest BCUT2D eigenvalue weighted by atomic mass is 10.1. The Bertz CT molecular complexity index is 616. The summed E-state index contributed by atoms with van der Waals surface area (Å²) < 4.78 is 41.1. The molecule has 24 heavy (non-hydrogen) atoms. The molecule has 1 unspecified atom stereocenters. The van der Waals surface area contributed by atoms with Crippen LogP contribution in [0.4, 0.5) is 18.9 Å². The number of piperidine rings is 1. The van der Waals surface area contributed by atoms with Gasteiger partial charge in [0.05, 0.1) is 4.92 Å². The maximum atomic E-state index is 12.3. The first kappa shape index (κ1) is 18.0. The van der Waals surface area contributed by atoms with Crippen LogP contribution in [0.5, 0.6) is 5.75 Å². The molecule has 2 N–H and O–H groups in total. The summed E-state index contributed by atoms with van der Waals surface area (Å²) in [5.74, 6) is -0.974. The number of hydrogen-bond donors (Lipinski definition) is 2. The van der Waals surface area contributed by atoms with Crippen molar-refractivity contribution in [2.24, 2.45) is 0 Å². The Labute approximate surface area is 135 Å². The molecule has 7 nitrogen and oxygen atoms in total. The lowest BCUT2D eigenvalue weighted by molar-refractivity contribution is -0.385. The van der Waals surface area contributed by atoms with Crippen molar-refractivity contribution in [2.45, 2.75) is 25.1 Å². The van der Waals surface area contributed by atoms with Gasteiger partial charge < -0.3 is 15.4 Å². The Balaban J connectivity index is 2.17. The second kappa shape index (κ2) is 7.47. The quantitative estimate of drug-likeness (QED) is 0.628. The Morgan fingerprint density at radius 3 is 2.79 bits per heavy atom. The van der Waals surface area contributed by atoms with Crippen LogP contribution in [0.2, 0.25) is 0 Å². The number of nitro benzene ring substituents is 1. The van der Waals surface area contributed by atoms with Crippen LogP contribution in [0.3, 0.4) is 0 Å². The summed E-state index contributed by atoms with van der Waals surface area (Å²) in [6.07, 6.45) is -2.98. The first-order chi connectivity index (χ1) is 11.3. The number of halogens is 3. The van der Waals surface area contributed by atoms with Crippen molar-refractivity contribution in [1.29, 1.82) is 0 Å². The standard InChI is InChI=1S/C14H16F3N3O4/c15-14(16,17)8-24-10-3-4-12(20(22)23)11(6-10)13(21)19-9-2-1-5-18-7-9/h3-4,6,9,18H,1-2,5,7-8H2,(H,19,21). The highest BCUT2D eigenvalue weighted by molar-refractivity contribution is 5.98. The molecule has 2 rings (SSSR count). The molecule has 1 atom stereocenters. The molecule has 1 aromatic carbocycles. The van der Waals surface area contributed by atoms with Crippen molar-refractivity contribution in [3.8, 4) is 5.75 Å². The third-order valence-corrected chi connectivity index (χ3v) is 3.44. The molecule has 1 fully saturated rings. The zero-order valence-electron chi connectivity index (χ0n) is 12.6. The molecule has 1 aromatic rings. The van der Waals surface area contributed by atoms with Gasteiger partial charge in [0.1, 0.15) is 11.3 Å². The van der Waals surface area contributed by atoms with E-state index >= 15 is 0 Å². The van der Waals surface area contributed by atoms with E-state index in [1.807, 2.05) is 0 Å². The zero-order valence-corrected chi connectivity index (χ0v) is 12.6. The molecular weight excluding hydrogens is 331 g/mol. The van der Waals surface area contributed by atoms with Gasteiger partial charge in [-0.05, 0) is 31.5 Å². The second-order valence-electron chi connectivity index (χ2n) is 5.36. The van der Waals surface area contributed by atoms with Crippen LogP contribution < -0.4 is 15.4 Å². The predicted molar refractivity (Wildman–Crippen MR) is 78.0 cm³/mol. The van der Waals surface area contributed by atoms with Crippen molar-refractivity contribution in [2.75, 3.05) is 19.7 Å². The molecular formula is C14H16F3N3O4. The molecule has 0 radical (unpaired) electrons. The number of hydrogen-bond acceptors (Lipinski definition) is 5. The normalized spacial score (nSPS) is 18.0. The molecule has 0 bridgehead atoms. The maximum absolute atomic E-state index is 12.3. The van der Waals surface area contributed by atoms with E-state index in [4.69, 9.17) is 0 Å². The van der Waals surface area contributed by atoms with E-state index in [0.717, 1.165) is 37.6 Å². The minimum atomic E-state index is -4.54. The molecule has 1 aliphatic rings. The highest BCUT2D eigenvalue weighted by Gasteiger charge is 2.29. The van der Waals surface area contributed by atoms with Gasteiger partial charge in [-0.3, -0.25) is 14.9 Å². The Hall–Kier alpha value is -2.36. The first-order valence-electron chi connectivity index (χ1n) is 7.26. The van der Waals surface area contributed by atoms with Crippen LogP contribution in [0.1, 0.15) is 23.2 Å². The number of nitro groups is 1. The van der Waals surface area contributed by atoms with E-state index < -0.39 is 29.3 Å². The number of carbonyl (C=O) groups excluding carboxylic acids is 1. The highest BCUT2D eigenvalue weighted by Crippen LogP contribution is 2.26. The number of nitrogens with zero attached hydrogens (tertiary/aromatic N) is 1. The van der Waals surface area contributed by atoms with Crippen molar-refractivity contribution in [1.82, 2.24) is 10.6 Å². The summed E-state index contributed by atoms with van der Waals surface area (Å²) in [6.45, 7) is -0.185. The fourth-order valence-corrected chi connectivity index (χ4v) is 2.35. The van der Waals surface area contributed by atoms with Gasteiger partial charge in [-0.2, -0.15) is 13.2 Å². The monoisotopic (exact) mass is 347 g/mol. The van der Waals surface area contributed by atoms with Crippen molar-refractivity contribution in [3.05, 3.63) is 33.9 Å². The minimum Gasteiger partial charge on any atom is -0.484 e. The third kappa shape index (κ3) is 5.08. The fourth-order valence-electron chi connectivity index (χ4n) is 2.35. The van der Waals surface area contributed by atoms with Crippen LogP contribution in [0.15, 0.2) is 18.2 Å². The smallest absolute Gasteiger partial charge is 0.422 e. The number of nitrogens with one attached hydrogen (secondary N) is 2. The van der Waals surface area contributed by atoms with Gasteiger partial charge in [-0.25, -0.2) is 0 Å². The largest absolute Gasteiger partial charge is 0.484 e. The van der Waals surface area contributed by atoms with Crippen LogP contribution in [0.25, 0.3) is 0 Å². The number of ether oxygens (including phenoxy) is 1. The van der Waals surface area contributed by atoms with E-state index in [9.17, 15) is 28.1 Å².